The van der Waals surface area contributed by atoms with Crippen LogP contribution in [0.25, 0.3) is 11.7 Å². The molecule has 0 saturated carbocycles. The van der Waals surface area contributed by atoms with Gasteiger partial charge in [0.25, 0.3) is 5.89 Å². The number of aromatic nitrogens is 2. The number of hydrogen-bond donors (Lipinski definition) is 0. The third-order valence-corrected chi connectivity index (χ3v) is 4.72. The van der Waals surface area contributed by atoms with E-state index in [1.807, 2.05) is 54.6 Å². The van der Waals surface area contributed by atoms with E-state index in [1.165, 1.54) is 0 Å². The van der Waals surface area contributed by atoms with Gasteiger partial charge in [-0.1, -0.05) is 35.9 Å². The van der Waals surface area contributed by atoms with Gasteiger partial charge in [-0.15, -0.1) is 10.2 Å². The minimum absolute atomic E-state index is 0.300. The van der Waals surface area contributed by atoms with E-state index in [0.717, 1.165) is 15.8 Å². The lowest BCUT2D eigenvalue weighted by molar-refractivity contribution is 0.269. The van der Waals surface area contributed by atoms with E-state index in [2.05, 4.69) is 26.1 Å². The zero-order valence-electron chi connectivity index (χ0n) is 14.1. The molecular weight excluding hydrogens is 432 g/mol. The minimum Gasteiger partial charge on any atom is -0.484 e. The van der Waals surface area contributed by atoms with Crippen molar-refractivity contribution in [3.05, 3.63) is 87.4 Å². The number of rotatable bonds is 6. The maximum Gasteiger partial charge on any atom is 0.283 e. The minimum atomic E-state index is 0.300. The molecule has 0 radical (unpaired) electrons. The smallest absolute Gasteiger partial charge is 0.283 e. The Kier molecular flexibility index (Phi) is 5.27. The Balaban J connectivity index is 1.42. The number of hydrogen-bond acceptors (Lipinski definition) is 5. The molecule has 0 aliphatic heterocycles. The average molecular weight is 446 g/mol. The fraction of sp³-hybridized carbons (Fsp3) is 0.100. The normalized spacial score (nSPS) is 10.9. The zero-order valence-corrected chi connectivity index (χ0v) is 16.4. The fourth-order valence-electron chi connectivity index (χ4n) is 2.48. The maximum absolute atomic E-state index is 5.90. The molecule has 5 nitrogen and oxygen atoms in total. The topological polar surface area (TPSA) is 61.3 Å². The molecule has 0 spiro atoms. The highest BCUT2D eigenvalue weighted by molar-refractivity contribution is 9.10. The summed E-state index contributed by atoms with van der Waals surface area (Å²) in [5.41, 5.74) is 1.04. The molecule has 0 N–H and O–H groups in total. The van der Waals surface area contributed by atoms with Gasteiger partial charge in [0.15, 0.2) is 5.76 Å². The predicted octanol–water partition coefficient (Wildman–Crippen LogP) is 5.92. The maximum atomic E-state index is 5.90. The average Bonchev–Trinajstić information content (AvgIpc) is 3.32. The molecule has 2 aromatic carbocycles. The third kappa shape index (κ3) is 4.40. The summed E-state index contributed by atoms with van der Waals surface area (Å²) in [6, 6.07) is 18.8. The van der Waals surface area contributed by atoms with Crippen molar-refractivity contribution in [2.45, 2.75) is 13.0 Å². The summed E-state index contributed by atoms with van der Waals surface area (Å²) < 4.78 is 18.1. The van der Waals surface area contributed by atoms with Crippen LogP contribution in [0.5, 0.6) is 5.75 Å². The van der Waals surface area contributed by atoms with Gasteiger partial charge in [-0.25, -0.2) is 0 Å². The molecule has 0 amide bonds. The van der Waals surface area contributed by atoms with E-state index in [4.69, 9.17) is 25.2 Å². The summed E-state index contributed by atoms with van der Waals surface area (Å²) in [7, 11) is 0. The summed E-state index contributed by atoms with van der Waals surface area (Å²) in [5.74, 6) is 2.77. The lowest BCUT2D eigenvalue weighted by atomic mass is 10.1. The second-order valence-electron chi connectivity index (χ2n) is 5.79. The monoisotopic (exact) mass is 444 g/mol. The Labute approximate surface area is 169 Å². The molecule has 2 aromatic heterocycles. The van der Waals surface area contributed by atoms with Crippen molar-refractivity contribution >= 4 is 27.5 Å². The van der Waals surface area contributed by atoms with Crippen LogP contribution >= 0.6 is 27.5 Å². The molecule has 0 saturated heterocycles. The fourth-order valence-corrected chi connectivity index (χ4v) is 3.01. The predicted molar refractivity (Wildman–Crippen MR) is 105 cm³/mol. The summed E-state index contributed by atoms with van der Waals surface area (Å²) in [6.07, 6.45) is 0.531. The number of ether oxygens (including phenoxy) is 1. The second kappa shape index (κ2) is 7.98. The molecule has 0 aliphatic carbocycles. The largest absolute Gasteiger partial charge is 0.484 e. The van der Waals surface area contributed by atoms with Crippen LogP contribution < -0.4 is 4.74 Å². The van der Waals surface area contributed by atoms with E-state index < -0.39 is 0 Å². The number of nitrogens with zero attached hydrogens (tertiary/aromatic N) is 2. The Morgan fingerprint density at radius 1 is 0.926 bits per heavy atom. The van der Waals surface area contributed by atoms with Crippen LogP contribution in [0.15, 0.2) is 74.0 Å². The van der Waals surface area contributed by atoms with E-state index in [0.29, 0.717) is 41.4 Å². The molecule has 27 heavy (non-hydrogen) atoms. The molecule has 4 rings (SSSR count). The molecule has 136 valence electrons. The van der Waals surface area contributed by atoms with Gasteiger partial charge in [-0.2, -0.15) is 0 Å². The highest BCUT2D eigenvalue weighted by Crippen LogP contribution is 2.26. The summed E-state index contributed by atoms with van der Waals surface area (Å²) in [6.45, 7) is 0.300. The van der Waals surface area contributed by atoms with Gasteiger partial charge in [0.1, 0.15) is 18.1 Å². The van der Waals surface area contributed by atoms with Crippen LogP contribution in [0.2, 0.25) is 5.02 Å². The summed E-state index contributed by atoms with van der Waals surface area (Å²) >= 11 is 9.35. The molecule has 0 bridgehead atoms. The third-order valence-electron chi connectivity index (χ3n) is 3.81. The van der Waals surface area contributed by atoms with E-state index in [1.54, 1.807) is 6.07 Å². The van der Waals surface area contributed by atoms with Crippen molar-refractivity contribution in [2.75, 3.05) is 0 Å². The van der Waals surface area contributed by atoms with Gasteiger partial charge in [0, 0.05) is 5.02 Å². The van der Waals surface area contributed by atoms with Crippen LogP contribution in [-0.4, -0.2) is 10.2 Å². The van der Waals surface area contributed by atoms with Crippen LogP contribution in [0.1, 0.15) is 17.2 Å². The highest BCUT2D eigenvalue weighted by Gasteiger charge is 2.14. The Bertz CT molecular complexity index is 1040. The molecule has 0 aliphatic rings. The van der Waals surface area contributed by atoms with E-state index in [9.17, 15) is 0 Å². The number of benzene rings is 2. The SMILES string of the molecule is Clc1ccc(Cc2nnc(-c3ccc(COc4ccccc4Br)o3)o2)cc1. The lowest BCUT2D eigenvalue weighted by Gasteiger charge is -2.05. The van der Waals surface area contributed by atoms with E-state index >= 15 is 0 Å². The Morgan fingerprint density at radius 2 is 1.74 bits per heavy atom. The molecular formula is C20H14BrClN2O3. The van der Waals surface area contributed by atoms with Gasteiger partial charge in [0.05, 0.1) is 10.9 Å². The van der Waals surface area contributed by atoms with Crippen molar-refractivity contribution in [3.63, 3.8) is 0 Å². The molecule has 0 atom stereocenters. The first kappa shape index (κ1) is 17.8. The van der Waals surface area contributed by atoms with Crippen molar-refractivity contribution in [3.8, 4) is 17.4 Å². The van der Waals surface area contributed by atoms with Gasteiger partial charge in [-0.05, 0) is 57.9 Å². The van der Waals surface area contributed by atoms with Crippen LogP contribution in [0.4, 0.5) is 0 Å². The highest BCUT2D eigenvalue weighted by atomic mass is 79.9. The first-order chi connectivity index (χ1) is 13.2. The van der Waals surface area contributed by atoms with Crippen molar-refractivity contribution < 1.29 is 13.6 Å². The van der Waals surface area contributed by atoms with Gasteiger partial charge in [-0.3, -0.25) is 0 Å². The second-order valence-corrected chi connectivity index (χ2v) is 7.08. The molecule has 2 heterocycles. The quantitative estimate of drug-likeness (QED) is 0.369. The molecule has 7 heteroatoms. The van der Waals surface area contributed by atoms with Crippen molar-refractivity contribution in [1.82, 2.24) is 10.2 Å². The molecule has 4 aromatic rings. The van der Waals surface area contributed by atoms with Crippen LogP contribution in [0.3, 0.4) is 0 Å². The Morgan fingerprint density at radius 3 is 2.56 bits per heavy atom. The van der Waals surface area contributed by atoms with Crippen molar-refractivity contribution in [1.29, 1.82) is 0 Å². The van der Waals surface area contributed by atoms with Gasteiger partial charge >= 0.3 is 0 Å². The molecule has 0 unspecified atom stereocenters. The number of halogens is 2. The van der Waals surface area contributed by atoms with E-state index in [-0.39, 0.29) is 0 Å². The zero-order chi connectivity index (χ0) is 18.6. The van der Waals surface area contributed by atoms with Crippen molar-refractivity contribution in [2.24, 2.45) is 0 Å². The van der Waals surface area contributed by atoms with Crippen LogP contribution in [0, 0.1) is 0 Å². The van der Waals surface area contributed by atoms with Gasteiger partial charge in [0.2, 0.25) is 5.89 Å². The lowest BCUT2D eigenvalue weighted by Crippen LogP contribution is -1.94. The summed E-state index contributed by atoms with van der Waals surface area (Å²) in [4.78, 5) is 0. The Hall–Kier alpha value is -2.57. The first-order valence-electron chi connectivity index (χ1n) is 8.20. The van der Waals surface area contributed by atoms with Crippen LogP contribution in [-0.2, 0) is 13.0 Å². The standard InChI is InChI=1S/C20H14BrClN2O3/c21-16-3-1-2-4-17(16)25-12-15-9-10-18(26-15)20-24-23-19(27-20)11-13-5-7-14(22)8-6-13/h1-10H,11-12H2. The number of furan rings is 1. The first-order valence-corrected chi connectivity index (χ1v) is 9.38. The number of para-hydroxylation sites is 1. The van der Waals surface area contributed by atoms with Gasteiger partial charge < -0.3 is 13.6 Å². The molecule has 0 fully saturated rings. The summed E-state index contributed by atoms with van der Waals surface area (Å²) in [5, 5.41) is 8.83.